The van der Waals surface area contributed by atoms with Crippen LogP contribution in [0.5, 0.6) is 0 Å². The average molecular weight is 647 g/mol. The van der Waals surface area contributed by atoms with Gasteiger partial charge in [-0.3, -0.25) is 9.13 Å². The van der Waals surface area contributed by atoms with Crippen molar-refractivity contribution < 1.29 is 4.55 Å². The van der Waals surface area contributed by atoms with Crippen LogP contribution in [0, 0.1) is 27.7 Å². The molecule has 8 aromatic rings. The Morgan fingerprint density at radius 1 is 0.438 bits per heavy atom. The van der Waals surface area contributed by atoms with Gasteiger partial charge in [-0.15, -0.1) is 0 Å². The Balaban J connectivity index is 0.00000179. The third kappa shape index (κ3) is 5.35. The van der Waals surface area contributed by atoms with Crippen molar-refractivity contribution in [2.24, 2.45) is 0 Å². The van der Waals surface area contributed by atoms with E-state index >= 15 is 0 Å². The number of pyridine rings is 2. The van der Waals surface area contributed by atoms with Crippen LogP contribution < -0.4 is 0 Å². The average Bonchev–Trinajstić information content (AvgIpc) is 3.69. The van der Waals surface area contributed by atoms with Crippen molar-refractivity contribution >= 4 is 35.2 Å². The molecule has 8 rings (SSSR count). The van der Waals surface area contributed by atoms with Gasteiger partial charge >= 0.3 is 0 Å². The van der Waals surface area contributed by atoms with E-state index in [-0.39, 0.29) is 0 Å². The Bertz CT molecular complexity index is 2200. The van der Waals surface area contributed by atoms with Crippen LogP contribution in [-0.4, -0.2) is 33.6 Å². The number of hydrogen-bond donors (Lipinski definition) is 2. The lowest BCUT2D eigenvalue weighted by Crippen LogP contribution is -2.03. The molecule has 4 heterocycles. The molecule has 236 valence electrons. The molecule has 48 heavy (non-hydrogen) atoms. The zero-order chi connectivity index (χ0) is 33.4. The van der Waals surface area contributed by atoms with E-state index in [0.29, 0.717) is 0 Å². The monoisotopic (exact) mass is 646 g/mol. The van der Waals surface area contributed by atoms with Crippen molar-refractivity contribution in [3.63, 3.8) is 0 Å². The fourth-order valence-electron chi connectivity index (χ4n) is 6.58. The van der Waals surface area contributed by atoms with Crippen LogP contribution in [0.25, 0.3) is 67.6 Å². The third-order valence-electron chi connectivity index (χ3n) is 8.78. The van der Waals surface area contributed by atoms with E-state index in [1.54, 1.807) is 0 Å². The zero-order valence-electron chi connectivity index (χ0n) is 27.1. The summed E-state index contributed by atoms with van der Waals surface area (Å²) in [6.45, 7) is 8.56. The molecule has 1 N–H and O–H groups in total. The van der Waals surface area contributed by atoms with Crippen LogP contribution in [0.3, 0.4) is 0 Å². The maximum absolute atomic E-state index is 6.69. The maximum Gasteiger partial charge on any atom is 0.164 e. The highest BCUT2D eigenvalue weighted by Gasteiger charge is 2.20. The number of fused-ring (bicyclic) bond motifs is 2. The van der Waals surface area contributed by atoms with Crippen molar-refractivity contribution in [1.82, 2.24) is 29.1 Å². The van der Waals surface area contributed by atoms with E-state index in [0.717, 1.165) is 67.6 Å². The van der Waals surface area contributed by atoms with Gasteiger partial charge in [-0.2, -0.15) is 0 Å². The second kappa shape index (κ2) is 12.9. The lowest BCUT2D eigenvalue weighted by atomic mass is 10.0. The van der Waals surface area contributed by atoms with Gasteiger partial charge < -0.3 is 4.55 Å². The lowest BCUT2D eigenvalue weighted by molar-refractivity contribution is 0.679. The van der Waals surface area contributed by atoms with Crippen LogP contribution in [0.1, 0.15) is 22.3 Å². The number of benzene rings is 4. The fraction of sp³-hybridized carbons (Fsp3) is 0.100. The van der Waals surface area contributed by atoms with Crippen LogP contribution >= 0.6 is 12.9 Å². The zero-order valence-corrected chi connectivity index (χ0v) is 28.0. The Hall–Kier alpha value is -5.57. The summed E-state index contributed by atoms with van der Waals surface area (Å²) in [5.41, 5.74) is 14.8. The summed E-state index contributed by atoms with van der Waals surface area (Å²) in [5.74, 6) is 1.76. The molecule has 0 saturated carbocycles. The number of aryl methyl sites for hydroxylation is 4. The van der Waals surface area contributed by atoms with Crippen molar-refractivity contribution in [3.8, 4) is 45.3 Å². The highest BCUT2D eigenvalue weighted by atomic mass is 32.1. The van der Waals surface area contributed by atoms with E-state index in [2.05, 4.69) is 135 Å². The molecule has 0 bridgehead atoms. The molecule has 0 aliphatic rings. The first kappa shape index (κ1) is 31.1. The molecule has 0 amide bonds. The van der Waals surface area contributed by atoms with Gasteiger partial charge in [0, 0.05) is 23.5 Å². The molecule has 0 aliphatic carbocycles. The summed E-state index contributed by atoms with van der Waals surface area (Å²) in [6.07, 6.45) is 3.66. The standard InChI is InChI=1S/C40H32N6.H2OS/c1-25-9-5-10-26(2)35(25)45-37(43-33-13-7-23-41-39(33)45)31-19-15-29(16-20-31)30-17-21-32(22-18-30)38-44-34-14-8-24-42-40(34)46(38)36-27(3)11-6-12-28(36)4;1-2/h5-24H,1-4H3;1-2H. The van der Waals surface area contributed by atoms with Gasteiger partial charge in [0.25, 0.3) is 0 Å². The molecule has 4 aromatic heterocycles. The summed E-state index contributed by atoms with van der Waals surface area (Å²) >= 11 is 2.53. The Kier molecular flexibility index (Phi) is 8.35. The number of aromatic nitrogens is 6. The number of nitrogens with zero attached hydrogens (tertiary/aromatic N) is 6. The van der Waals surface area contributed by atoms with Gasteiger partial charge in [-0.05, 0) is 98.3 Å². The van der Waals surface area contributed by atoms with Gasteiger partial charge in [0.2, 0.25) is 0 Å². The first-order valence-electron chi connectivity index (χ1n) is 15.7. The molecular formula is C40H34N6OS. The molecule has 0 atom stereocenters. The van der Waals surface area contributed by atoms with E-state index in [9.17, 15) is 0 Å². The van der Waals surface area contributed by atoms with Crippen molar-refractivity contribution in [2.75, 3.05) is 0 Å². The summed E-state index contributed by atoms with van der Waals surface area (Å²) < 4.78 is 11.1. The first-order valence-corrected chi connectivity index (χ1v) is 16.1. The summed E-state index contributed by atoms with van der Waals surface area (Å²) in [4.78, 5) is 19.5. The van der Waals surface area contributed by atoms with E-state index < -0.39 is 0 Å². The van der Waals surface area contributed by atoms with Crippen molar-refractivity contribution in [2.45, 2.75) is 27.7 Å². The van der Waals surface area contributed by atoms with Crippen LogP contribution in [-0.2, 0) is 0 Å². The minimum absolute atomic E-state index is 0.858. The minimum atomic E-state index is 0.858. The molecule has 7 nitrogen and oxygen atoms in total. The highest BCUT2D eigenvalue weighted by molar-refractivity contribution is 7.74. The Morgan fingerprint density at radius 3 is 1.12 bits per heavy atom. The molecule has 0 spiro atoms. The topological polar surface area (TPSA) is 81.7 Å². The van der Waals surface area contributed by atoms with Gasteiger partial charge in [-0.25, -0.2) is 19.9 Å². The second-order valence-corrected chi connectivity index (χ2v) is 11.9. The second-order valence-electron chi connectivity index (χ2n) is 11.9. The van der Waals surface area contributed by atoms with Crippen molar-refractivity contribution in [1.29, 1.82) is 0 Å². The molecule has 8 heteroatoms. The quantitative estimate of drug-likeness (QED) is 0.144. The SMILES string of the molecule is Cc1cccc(C)c1-n1c(-c2ccc(-c3ccc(-c4nc5cccnc5n4-c4c(C)cccc4C)cc3)cc2)nc2cccnc21.OS. The van der Waals surface area contributed by atoms with Gasteiger partial charge in [0.15, 0.2) is 11.3 Å². The summed E-state index contributed by atoms with van der Waals surface area (Å²) in [7, 11) is 0. The minimum Gasteiger partial charge on any atom is -0.333 e. The van der Waals surface area contributed by atoms with E-state index in [4.69, 9.17) is 24.5 Å². The number of imidazole rings is 2. The normalized spacial score (nSPS) is 11.1. The van der Waals surface area contributed by atoms with Crippen LogP contribution in [0.4, 0.5) is 0 Å². The summed E-state index contributed by atoms with van der Waals surface area (Å²) in [6, 6.07) is 38.0. The lowest BCUT2D eigenvalue weighted by Gasteiger charge is -2.15. The molecule has 0 saturated heterocycles. The van der Waals surface area contributed by atoms with Crippen LogP contribution in [0.2, 0.25) is 0 Å². The molecule has 0 aliphatic heterocycles. The molecular weight excluding hydrogens is 613 g/mol. The van der Waals surface area contributed by atoms with Crippen LogP contribution in [0.15, 0.2) is 122 Å². The fourth-order valence-corrected chi connectivity index (χ4v) is 6.58. The maximum atomic E-state index is 6.69. The number of thiol groups is 1. The van der Waals surface area contributed by atoms with Gasteiger partial charge in [0.05, 0.1) is 11.4 Å². The first-order chi connectivity index (χ1) is 23.5. The molecule has 0 fully saturated rings. The highest BCUT2D eigenvalue weighted by Crippen LogP contribution is 2.34. The Morgan fingerprint density at radius 2 is 0.771 bits per heavy atom. The predicted molar refractivity (Wildman–Crippen MR) is 198 cm³/mol. The number of hydrogen-bond acceptors (Lipinski definition) is 6. The summed E-state index contributed by atoms with van der Waals surface area (Å²) in [5, 5.41) is 0. The Labute approximate surface area is 284 Å². The molecule has 0 unspecified atom stereocenters. The predicted octanol–water partition coefficient (Wildman–Crippen LogP) is 9.78. The van der Waals surface area contributed by atoms with E-state index in [1.807, 2.05) is 36.7 Å². The molecule has 0 radical (unpaired) electrons. The van der Waals surface area contributed by atoms with Crippen molar-refractivity contribution in [3.05, 3.63) is 144 Å². The number of para-hydroxylation sites is 2. The van der Waals surface area contributed by atoms with E-state index in [1.165, 1.54) is 22.3 Å². The molecule has 4 aromatic carbocycles. The van der Waals surface area contributed by atoms with Gasteiger partial charge in [-0.1, -0.05) is 84.9 Å². The largest absolute Gasteiger partial charge is 0.333 e. The third-order valence-corrected chi connectivity index (χ3v) is 8.78. The van der Waals surface area contributed by atoms with Gasteiger partial charge in [0.1, 0.15) is 22.7 Å². The smallest absolute Gasteiger partial charge is 0.164 e. The number of rotatable bonds is 5.